The molecule has 23 heavy (non-hydrogen) atoms. The maximum atomic E-state index is 11.3. The molecule has 0 atom stereocenters. The molecule has 0 fully saturated rings. The lowest BCUT2D eigenvalue weighted by Crippen LogP contribution is -2.21. The third-order valence-corrected chi connectivity index (χ3v) is 6.92. The van der Waals surface area contributed by atoms with Crippen molar-refractivity contribution in [2.75, 3.05) is 5.32 Å². The molecule has 0 bridgehead atoms. The van der Waals surface area contributed by atoms with Gasteiger partial charge in [0.1, 0.15) is 11.9 Å². The third kappa shape index (κ3) is 4.25. The molecule has 12 heteroatoms. The van der Waals surface area contributed by atoms with Gasteiger partial charge in [0.05, 0.1) is 16.1 Å². The van der Waals surface area contributed by atoms with E-state index in [4.69, 9.17) is 24.8 Å². The van der Waals surface area contributed by atoms with Crippen LogP contribution in [0.3, 0.4) is 0 Å². The Balaban J connectivity index is 2.49. The number of hydrogen-bond donors (Lipinski definition) is 5. The van der Waals surface area contributed by atoms with Crippen molar-refractivity contribution < 1.29 is 28.7 Å². The van der Waals surface area contributed by atoms with Crippen LogP contribution < -0.4 is 5.32 Å². The first kappa shape index (κ1) is 17.8. The summed E-state index contributed by atoms with van der Waals surface area (Å²) in [5.74, 6) is -0.310. The van der Waals surface area contributed by atoms with Crippen molar-refractivity contribution in [1.29, 1.82) is 5.26 Å². The maximum absolute atomic E-state index is 11.3. The van der Waals surface area contributed by atoms with E-state index < -0.39 is 20.7 Å². The molecule has 122 valence electrons. The van der Waals surface area contributed by atoms with Gasteiger partial charge in [-0.05, 0) is 23.6 Å². The van der Waals surface area contributed by atoms with Crippen molar-refractivity contribution in [1.82, 2.24) is 4.98 Å². The fourth-order valence-electron chi connectivity index (χ4n) is 1.71. The van der Waals surface area contributed by atoms with Gasteiger partial charge in [0.15, 0.2) is 0 Å². The van der Waals surface area contributed by atoms with Crippen molar-refractivity contribution in [3.8, 4) is 16.6 Å². The van der Waals surface area contributed by atoms with Gasteiger partial charge in [-0.2, -0.15) is 5.26 Å². The molecule has 0 unspecified atom stereocenters. The van der Waals surface area contributed by atoms with E-state index in [1.807, 2.05) is 5.32 Å². The van der Waals surface area contributed by atoms with Gasteiger partial charge in [0, 0.05) is 0 Å². The predicted octanol–water partition coefficient (Wildman–Crippen LogP) is 1.73. The Kier molecular flexibility index (Phi) is 5.04. The Morgan fingerprint density at radius 3 is 2.30 bits per heavy atom. The minimum absolute atomic E-state index is 0.0998. The summed E-state index contributed by atoms with van der Waals surface area (Å²) in [7, 11) is -10.4. The van der Waals surface area contributed by atoms with Crippen LogP contribution >= 0.6 is 26.5 Å². The second-order valence-electron chi connectivity index (χ2n) is 4.38. The number of anilines is 1. The predicted molar refractivity (Wildman–Crippen MR) is 83.8 cm³/mol. The summed E-state index contributed by atoms with van der Waals surface area (Å²) in [5.41, 5.74) is -2.18. The number of thiophene rings is 1. The van der Waals surface area contributed by atoms with Gasteiger partial charge in [0.25, 0.3) is 0 Å². The first-order valence-electron chi connectivity index (χ1n) is 5.95. The van der Waals surface area contributed by atoms with E-state index in [9.17, 15) is 9.13 Å². The summed E-state index contributed by atoms with van der Waals surface area (Å²) < 4.78 is 22.7. The molecule has 5 N–H and O–H groups in total. The topological polar surface area (TPSA) is 164 Å². The van der Waals surface area contributed by atoms with E-state index in [1.165, 1.54) is 23.5 Å². The number of nitrogens with zero attached hydrogens (tertiary/aromatic N) is 2. The standard InChI is InChI=1S/C11H11N3O6P2S/c12-6-7-3-4-8(9-2-1-5-23-9)13-10(7)14-11(21(15,16)17)22(18,19)20/h1-5,11H,(H,13,14)(H2,15,16,17)(H2,18,19,20). The van der Waals surface area contributed by atoms with E-state index in [2.05, 4.69) is 4.98 Å². The smallest absolute Gasteiger partial charge is 0.345 e. The second-order valence-corrected chi connectivity index (χ2v) is 9.12. The first-order chi connectivity index (χ1) is 10.6. The van der Waals surface area contributed by atoms with E-state index in [0.717, 1.165) is 4.88 Å². The van der Waals surface area contributed by atoms with Gasteiger partial charge < -0.3 is 24.9 Å². The highest BCUT2D eigenvalue weighted by molar-refractivity contribution is 7.71. The average molecular weight is 375 g/mol. The summed E-state index contributed by atoms with van der Waals surface area (Å²) in [6, 6.07) is 8.13. The molecule has 2 heterocycles. The molecule has 2 aromatic heterocycles. The number of rotatable bonds is 5. The summed E-state index contributed by atoms with van der Waals surface area (Å²) in [4.78, 5) is 41.3. The molecule has 2 rings (SSSR count). The molecule has 0 aliphatic carbocycles. The molecule has 9 nitrogen and oxygen atoms in total. The zero-order valence-electron chi connectivity index (χ0n) is 11.3. The van der Waals surface area contributed by atoms with Crippen LogP contribution in [0, 0.1) is 11.3 Å². The number of nitrogens with one attached hydrogen (secondary N) is 1. The third-order valence-electron chi connectivity index (χ3n) is 2.69. The fourth-order valence-corrected chi connectivity index (χ4v) is 4.55. The molecule has 0 amide bonds. The minimum atomic E-state index is -5.19. The molecule has 0 aliphatic heterocycles. The second kappa shape index (κ2) is 6.51. The molecular weight excluding hydrogens is 364 g/mol. The molecule has 0 aromatic carbocycles. The van der Waals surface area contributed by atoms with Gasteiger partial charge in [-0.25, -0.2) is 4.98 Å². The lowest BCUT2D eigenvalue weighted by atomic mass is 10.2. The fraction of sp³-hybridized carbons (Fsp3) is 0.0909. The van der Waals surface area contributed by atoms with E-state index in [0.29, 0.717) is 5.69 Å². The molecule has 2 aromatic rings. The van der Waals surface area contributed by atoms with Crippen LogP contribution in [-0.4, -0.2) is 30.1 Å². The Morgan fingerprint density at radius 2 is 1.83 bits per heavy atom. The van der Waals surface area contributed by atoms with E-state index in [1.54, 1.807) is 23.6 Å². The number of hydrogen-bond acceptors (Lipinski definition) is 6. The molecule has 0 radical (unpaired) electrons. The molecular formula is C11H11N3O6P2S. The largest absolute Gasteiger partial charge is 0.360 e. The highest BCUT2D eigenvalue weighted by Gasteiger charge is 2.44. The van der Waals surface area contributed by atoms with E-state index >= 15 is 0 Å². The molecule has 0 saturated carbocycles. The van der Waals surface area contributed by atoms with Gasteiger partial charge >= 0.3 is 15.2 Å². The maximum Gasteiger partial charge on any atom is 0.360 e. The summed E-state index contributed by atoms with van der Waals surface area (Å²) in [6.07, 6.45) is 0. The lowest BCUT2D eigenvalue weighted by Gasteiger charge is -2.21. The zero-order valence-corrected chi connectivity index (χ0v) is 13.9. The lowest BCUT2D eigenvalue weighted by molar-refractivity contribution is 0.343. The highest BCUT2D eigenvalue weighted by atomic mass is 32.1. The van der Waals surface area contributed by atoms with Gasteiger partial charge in [-0.1, -0.05) is 6.07 Å². The molecule has 0 aliphatic rings. The van der Waals surface area contributed by atoms with Crippen LogP contribution in [0.1, 0.15) is 5.56 Å². The van der Waals surface area contributed by atoms with Gasteiger partial charge in [0.2, 0.25) is 5.52 Å². The van der Waals surface area contributed by atoms with Crippen LogP contribution in [-0.2, 0) is 9.13 Å². The quantitative estimate of drug-likeness (QED) is 0.490. The summed E-state index contributed by atoms with van der Waals surface area (Å²) >= 11 is 1.35. The van der Waals surface area contributed by atoms with E-state index in [-0.39, 0.29) is 11.4 Å². The Bertz CT molecular complexity index is 816. The Morgan fingerprint density at radius 1 is 1.17 bits per heavy atom. The molecule has 0 spiro atoms. The van der Waals surface area contributed by atoms with Crippen LogP contribution in [0.2, 0.25) is 0 Å². The first-order valence-corrected chi connectivity index (χ1v) is 10.2. The number of nitriles is 1. The number of pyridine rings is 1. The van der Waals surface area contributed by atoms with Crippen LogP contribution in [0.15, 0.2) is 29.6 Å². The SMILES string of the molecule is N#Cc1ccc(-c2cccs2)nc1NC(P(=O)(O)O)P(=O)(O)O. The van der Waals surface area contributed by atoms with Crippen LogP contribution in [0.5, 0.6) is 0 Å². The van der Waals surface area contributed by atoms with Crippen LogP contribution in [0.4, 0.5) is 5.82 Å². The monoisotopic (exact) mass is 375 g/mol. The Hall–Kier alpha value is -1.56. The minimum Gasteiger partial charge on any atom is -0.345 e. The van der Waals surface area contributed by atoms with Crippen LogP contribution in [0.25, 0.3) is 10.6 Å². The normalized spacial score (nSPS) is 12.2. The van der Waals surface area contributed by atoms with Crippen molar-refractivity contribution in [2.45, 2.75) is 5.52 Å². The molecule has 0 saturated heterocycles. The van der Waals surface area contributed by atoms with Gasteiger partial charge in [-0.3, -0.25) is 9.13 Å². The number of aromatic nitrogens is 1. The van der Waals surface area contributed by atoms with Crippen molar-refractivity contribution in [3.63, 3.8) is 0 Å². The summed E-state index contributed by atoms with van der Waals surface area (Å²) in [5, 5.41) is 12.9. The van der Waals surface area contributed by atoms with Crippen molar-refractivity contribution in [2.24, 2.45) is 0 Å². The van der Waals surface area contributed by atoms with Gasteiger partial charge in [-0.15, -0.1) is 11.3 Å². The van der Waals surface area contributed by atoms with Crippen molar-refractivity contribution >= 4 is 32.3 Å². The Labute approximate surface area is 134 Å². The average Bonchev–Trinajstić information content (AvgIpc) is 2.96. The van der Waals surface area contributed by atoms with Crippen molar-refractivity contribution in [3.05, 3.63) is 35.2 Å². The zero-order chi connectivity index (χ0) is 17.3. The highest BCUT2D eigenvalue weighted by Crippen LogP contribution is 2.59. The summed E-state index contributed by atoms with van der Waals surface area (Å²) in [6.45, 7) is 0.